The molecule has 0 N–H and O–H groups in total. The summed E-state index contributed by atoms with van der Waals surface area (Å²) in [6.45, 7) is 7.75. The Bertz CT molecular complexity index is 570. The second kappa shape index (κ2) is 8.39. The summed E-state index contributed by atoms with van der Waals surface area (Å²) >= 11 is 0. The predicted molar refractivity (Wildman–Crippen MR) is 86.3 cm³/mol. The number of pyridine rings is 1. The number of nitrogens with zero attached hydrogens (tertiary/aromatic N) is 1. The van der Waals surface area contributed by atoms with E-state index in [1.807, 2.05) is 51.1 Å². The fourth-order valence-electron chi connectivity index (χ4n) is 1.99. The molecular formula is C18H22NO3. The van der Waals surface area contributed by atoms with Gasteiger partial charge in [-0.15, -0.1) is 0 Å². The second-order valence-corrected chi connectivity index (χ2v) is 5.02. The molecule has 117 valence electrons. The maximum atomic E-state index is 5.90. The summed E-state index contributed by atoms with van der Waals surface area (Å²) in [6.07, 6.45) is 2.92. The second-order valence-electron chi connectivity index (χ2n) is 5.02. The van der Waals surface area contributed by atoms with Crippen LogP contribution in [0.15, 0.2) is 36.4 Å². The molecule has 22 heavy (non-hydrogen) atoms. The Balaban J connectivity index is 2.19. The molecule has 0 bridgehead atoms. The van der Waals surface area contributed by atoms with Crippen molar-refractivity contribution in [3.05, 3.63) is 42.6 Å². The molecular weight excluding hydrogens is 278 g/mol. The zero-order valence-electron chi connectivity index (χ0n) is 13.3. The number of rotatable bonds is 8. The van der Waals surface area contributed by atoms with Crippen LogP contribution in [-0.2, 0) is 4.74 Å². The highest BCUT2D eigenvalue weighted by atomic mass is 16.5. The number of benzene rings is 1. The molecule has 0 fully saturated rings. The third-order valence-electron chi connectivity index (χ3n) is 2.90. The van der Waals surface area contributed by atoms with Crippen molar-refractivity contribution in [1.82, 2.24) is 4.98 Å². The van der Waals surface area contributed by atoms with E-state index in [0.717, 1.165) is 22.8 Å². The molecule has 0 spiro atoms. The molecule has 0 saturated heterocycles. The number of hydrogen-bond acceptors (Lipinski definition) is 4. The fraction of sp³-hybridized carbons (Fsp3) is 0.389. The molecule has 0 aliphatic heterocycles. The summed E-state index contributed by atoms with van der Waals surface area (Å²) in [5.41, 5.74) is 1.77. The summed E-state index contributed by atoms with van der Waals surface area (Å²) in [6, 6.07) is 11.4. The first-order valence-electron chi connectivity index (χ1n) is 7.55. The van der Waals surface area contributed by atoms with E-state index in [9.17, 15) is 0 Å². The van der Waals surface area contributed by atoms with Gasteiger partial charge >= 0.3 is 0 Å². The smallest absolute Gasteiger partial charge is 0.132 e. The standard InChI is InChI=1S/C18H22NO3/c1-4-20-11-12-21-15-8-9-16(17-7-5-6-10-19-17)18(13-15)22-14(2)3/h5-9,13-14H,4,11-12H2,1-3H3. The van der Waals surface area contributed by atoms with Crippen LogP contribution in [0, 0.1) is 6.20 Å². The Morgan fingerprint density at radius 2 is 2.05 bits per heavy atom. The summed E-state index contributed by atoms with van der Waals surface area (Å²) in [5, 5.41) is 0. The van der Waals surface area contributed by atoms with Crippen molar-refractivity contribution in [3.8, 4) is 22.8 Å². The van der Waals surface area contributed by atoms with E-state index in [1.54, 1.807) is 6.07 Å². The molecule has 1 heterocycles. The van der Waals surface area contributed by atoms with Gasteiger partial charge in [0.2, 0.25) is 0 Å². The van der Waals surface area contributed by atoms with Gasteiger partial charge in [0, 0.05) is 18.2 Å². The van der Waals surface area contributed by atoms with Gasteiger partial charge in [0.25, 0.3) is 0 Å². The number of ether oxygens (including phenoxy) is 3. The number of aromatic nitrogens is 1. The van der Waals surface area contributed by atoms with E-state index >= 15 is 0 Å². The van der Waals surface area contributed by atoms with Crippen LogP contribution in [0.5, 0.6) is 11.5 Å². The lowest BCUT2D eigenvalue weighted by Gasteiger charge is -2.16. The van der Waals surface area contributed by atoms with Crippen LogP contribution in [0.4, 0.5) is 0 Å². The van der Waals surface area contributed by atoms with Crippen molar-refractivity contribution in [2.45, 2.75) is 26.9 Å². The zero-order valence-corrected chi connectivity index (χ0v) is 13.3. The first kappa shape index (κ1) is 16.3. The molecule has 2 rings (SSSR count). The van der Waals surface area contributed by atoms with E-state index < -0.39 is 0 Å². The van der Waals surface area contributed by atoms with Crippen LogP contribution < -0.4 is 9.47 Å². The molecule has 0 saturated carbocycles. The normalized spacial score (nSPS) is 10.7. The minimum absolute atomic E-state index is 0.0742. The quantitative estimate of drug-likeness (QED) is 0.696. The number of hydrogen-bond donors (Lipinski definition) is 0. The van der Waals surface area contributed by atoms with Crippen LogP contribution in [-0.4, -0.2) is 30.9 Å². The van der Waals surface area contributed by atoms with E-state index in [-0.39, 0.29) is 6.10 Å². The van der Waals surface area contributed by atoms with Crippen molar-refractivity contribution < 1.29 is 14.2 Å². The Labute approximate surface area is 132 Å². The van der Waals surface area contributed by atoms with E-state index in [4.69, 9.17) is 14.2 Å². The minimum Gasteiger partial charge on any atom is -0.491 e. The van der Waals surface area contributed by atoms with Gasteiger partial charge in [0.05, 0.1) is 24.6 Å². The van der Waals surface area contributed by atoms with Gasteiger partial charge in [0.1, 0.15) is 18.1 Å². The Morgan fingerprint density at radius 1 is 1.18 bits per heavy atom. The van der Waals surface area contributed by atoms with E-state index in [1.165, 1.54) is 0 Å². The topological polar surface area (TPSA) is 40.6 Å². The predicted octanol–water partition coefficient (Wildman–Crippen LogP) is 3.75. The van der Waals surface area contributed by atoms with Crippen LogP contribution in [0.25, 0.3) is 11.3 Å². The highest BCUT2D eigenvalue weighted by Gasteiger charge is 2.11. The summed E-state index contributed by atoms with van der Waals surface area (Å²) in [4.78, 5) is 4.27. The molecule has 4 nitrogen and oxygen atoms in total. The fourth-order valence-corrected chi connectivity index (χ4v) is 1.99. The highest BCUT2D eigenvalue weighted by Crippen LogP contribution is 2.33. The summed E-state index contributed by atoms with van der Waals surface area (Å²) < 4.78 is 16.9. The van der Waals surface area contributed by atoms with Gasteiger partial charge in [-0.25, -0.2) is 4.98 Å². The monoisotopic (exact) mass is 300 g/mol. The zero-order chi connectivity index (χ0) is 15.8. The molecule has 1 radical (unpaired) electrons. The van der Waals surface area contributed by atoms with Crippen LogP contribution in [0.1, 0.15) is 20.8 Å². The van der Waals surface area contributed by atoms with E-state index in [2.05, 4.69) is 11.2 Å². The van der Waals surface area contributed by atoms with Gasteiger partial charge in [-0.2, -0.15) is 0 Å². The lowest BCUT2D eigenvalue weighted by molar-refractivity contribution is 0.110. The van der Waals surface area contributed by atoms with Crippen molar-refractivity contribution in [2.24, 2.45) is 0 Å². The molecule has 1 aromatic heterocycles. The van der Waals surface area contributed by atoms with Gasteiger partial charge in [-0.3, -0.25) is 0 Å². The molecule has 0 aliphatic rings. The summed E-state index contributed by atoms with van der Waals surface area (Å²) in [7, 11) is 0. The van der Waals surface area contributed by atoms with Crippen LogP contribution in [0.3, 0.4) is 0 Å². The molecule has 4 heteroatoms. The first-order chi connectivity index (χ1) is 10.7. The highest BCUT2D eigenvalue weighted by molar-refractivity contribution is 5.68. The maximum absolute atomic E-state index is 5.90. The van der Waals surface area contributed by atoms with E-state index in [0.29, 0.717) is 19.8 Å². The lowest BCUT2D eigenvalue weighted by Crippen LogP contribution is -2.08. The Morgan fingerprint density at radius 3 is 2.73 bits per heavy atom. The molecule has 0 amide bonds. The Hall–Kier alpha value is -2.07. The van der Waals surface area contributed by atoms with Crippen LogP contribution in [0.2, 0.25) is 0 Å². The van der Waals surface area contributed by atoms with Crippen molar-refractivity contribution >= 4 is 0 Å². The molecule has 0 aliphatic carbocycles. The molecule has 0 unspecified atom stereocenters. The Kier molecular flexibility index (Phi) is 6.22. The SMILES string of the molecule is CCOCCOc1ccc(-c2ccc[c]n2)c(OC(C)C)c1. The van der Waals surface area contributed by atoms with Crippen molar-refractivity contribution in [3.63, 3.8) is 0 Å². The van der Waals surface area contributed by atoms with Crippen molar-refractivity contribution in [1.29, 1.82) is 0 Å². The molecule has 2 aromatic rings. The molecule has 1 aromatic carbocycles. The third-order valence-corrected chi connectivity index (χ3v) is 2.90. The van der Waals surface area contributed by atoms with Crippen LogP contribution >= 0.6 is 0 Å². The van der Waals surface area contributed by atoms with Gasteiger partial charge in [0.15, 0.2) is 0 Å². The van der Waals surface area contributed by atoms with Crippen molar-refractivity contribution in [2.75, 3.05) is 19.8 Å². The third kappa shape index (κ3) is 4.74. The minimum atomic E-state index is 0.0742. The summed E-state index contributed by atoms with van der Waals surface area (Å²) in [5.74, 6) is 1.52. The van der Waals surface area contributed by atoms with Gasteiger partial charge in [-0.1, -0.05) is 6.07 Å². The largest absolute Gasteiger partial charge is 0.491 e. The maximum Gasteiger partial charge on any atom is 0.132 e. The average molecular weight is 300 g/mol. The lowest BCUT2D eigenvalue weighted by atomic mass is 10.1. The van der Waals surface area contributed by atoms with Gasteiger partial charge < -0.3 is 14.2 Å². The first-order valence-corrected chi connectivity index (χ1v) is 7.55. The molecule has 0 atom stereocenters. The van der Waals surface area contributed by atoms with Gasteiger partial charge in [-0.05, 0) is 45.0 Å². The average Bonchev–Trinajstić information content (AvgIpc) is 2.52.